The number of nitrogens with one attached hydrogen (secondary N) is 2. The maximum absolute atomic E-state index is 13.1. The predicted molar refractivity (Wildman–Crippen MR) is 128 cm³/mol. The van der Waals surface area contributed by atoms with Crippen molar-refractivity contribution in [2.24, 2.45) is 7.05 Å². The SMILES string of the molecule is Cn1nc(COCC(F)(F)F)cc1C(=O)Nc1cc([C@H]2C[C@@H](OC(=O)NC3(C)CC3)CO2)nn1C(C)(C)C. The van der Waals surface area contributed by atoms with E-state index < -0.39 is 42.5 Å². The summed E-state index contributed by atoms with van der Waals surface area (Å²) < 4.78 is 56.0. The lowest BCUT2D eigenvalue weighted by molar-refractivity contribution is -0.176. The molecule has 2 aliphatic rings. The minimum Gasteiger partial charge on any atom is -0.444 e. The predicted octanol–water partition coefficient (Wildman–Crippen LogP) is 3.81. The highest BCUT2D eigenvalue weighted by atomic mass is 19.4. The number of alkyl halides is 3. The van der Waals surface area contributed by atoms with E-state index in [0.29, 0.717) is 17.9 Å². The van der Waals surface area contributed by atoms with Gasteiger partial charge in [0.15, 0.2) is 0 Å². The number of hydrogen-bond acceptors (Lipinski definition) is 7. The van der Waals surface area contributed by atoms with Gasteiger partial charge in [0.1, 0.15) is 30.3 Å². The summed E-state index contributed by atoms with van der Waals surface area (Å²) in [5.41, 5.74) is 0.219. The second kappa shape index (κ2) is 10.2. The van der Waals surface area contributed by atoms with Crippen LogP contribution in [0, 0.1) is 0 Å². The van der Waals surface area contributed by atoms with Crippen molar-refractivity contribution in [1.82, 2.24) is 24.9 Å². The van der Waals surface area contributed by atoms with Crippen molar-refractivity contribution in [3.8, 4) is 0 Å². The quantitative estimate of drug-likeness (QED) is 0.520. The molecule has 0 radical (unpaired) electrons. The minimum absolute atomic E-state index is 0.139. The molecule has 2 amide bonds. The van der Waals surface area contributed by atoms with Crippen molar-refractivity contribution in [2.75, 3.05) is 18.5 Å². The summed E-state index contributed by atoms with van der Waals surface area (Å²) in [7, 11) is 1.51. The molecule has 1 aliphatic heterocycles. The lowest BCUT2D eigenvalue weighted by atomic mass is 10.1. The molecular weight excluding hydrogens is 509 g/mol. The van der Waals surface area contributed by atoms with Gasteiger partial charge in [0.2, 0.25) is 0 Å². The van der Waals surface area contributed by atoms with Crippen LogP contribution >= 0.6 is 0 Å². The summed E-state index contributed by atoms with van der Waals surface area (Å²) >= 11 is 0. The monoisotopic (exact) mass is 542 g/mol. The van der Waals surface area contributed by atoms with Crippen molar-refractivity contribution >= 4 is 17.8 Å². The molecule has 1 saturated heterocycles. The molecule has 210 valence electrons. The Bertz CT molecular complexity index is 1180. The first-order valence-corrected chi connectivity index (χ1v) is 12.3. The van der Waals surface area contributed by atoms with Gasteiger partial charge in [-0.15, -0.1) is 0 Å². The Labute approximate surface area is 218 Å². The van der Waals surface area contributed by atoms with Crippen LogP contribution in [0.4, 0.5) is 23.8 Å². The van der Waals surface area contributed by atoms with Gasteiger partial charge in [0, 0.05) is 25.1 Å². The van der Waals surface area contributed by atoms with Crippen molar-refractivity contribution < 1.29 is 37.0 Å². The number of amides is 2. The van der Waals surface area contributed by atoms with Gasteiger partial charge in [0.05, 0.1) is 30.1 Å². The van der Waals surface area contributed by atoms with Crippen LogP contribution in [0.5, 0.6) is 0 Å². The van der Waals surface area contributed by atoms with Crippen molar-refractivity contribution in [1.29, 1.82) is 0 Å². The van der Waals surface area contributed by atoms with Gasteiger partial charge in [-0.2, -0.15) is 23.4 Å². The number of carbonyl (C=O) groups excluding carboxylic acids is 2. The first-order chi connectivity index (χ1) is 17.6. The molecule has 0 spiro atoms. The third kappa shape index (κ3) is 7.04. The molecule has 14 heteroatoms. The number of hydrogen-bond donors (Lipinski definition) is 2. The van der Waals surface area contributed by atoms with Gasteiger partial charge in [-0.05, 0) is 46.6 Å². The summed E-state index contributed by atoms with van der Waals surface area (Å²) in [6, 6.07) is 3.07. The van der Waals surface area contributed by atoms with Gasteiger partial charge < -0.3 is 24.8 Å². The molecule has 2 atom stereocenters. The lowest BCUT2D eigenvalue weighted by Crippen LogP contribution is -2.37. The van der Waals surface area contributed by atoms with E-state index in [1.807, 2.05) is 27.7 Å². The number of carbonyl (C=O) groups is 2. The van der Waals surface area contributed by atoms with Crippen LogP contribution in [0.1, 0.15) is 74.9 Å². The number of alkyl carbamates (subject to hydrolysis) is 1. The van der Waals surface area contributed by atoms with Crippen LogP contribution in [0.15, 0.2) is 12.1 Å². The second-order valence-electron chi connectivity index (χ2n) is 11.0. The summed E-state index contributed by atoms with van der Waals surface area (Å²) in [6.45, 7) is 6.16. The zero-order valence-electron chi connectivity index (χ0n) is 22.0. The van der Waals surface area contributed by atoms with E-state index in [0.717, 1.165) is 12.8 Å². The van der Waals surface area contributed by atoms with Gasteiger partial charge in [-0.25, -0.2) is 9.48 Å². The second-order valence-corrected chi connectivity index (χ2v) is 11.0. The Morgan fingerprint density at radius 1 is 1.21 bits per heavy atom. The Morgan fingerprint density at radius 2 is 1.92 bits per heavy atom. The molecule has 1 saturated carbocycles. The number of anilines is 1. The van der Waals surface area contributed by atoms with E-state index in [-0.39, 0.29) is 30.1 Å². The fourth-order valence-electron chi connectivity index (χ4n) is 4.04. The van der Waals surface area contributed by atoms with E-state index in [9.17, 15) is 22.8 Å². The topological polar surface area (TPSA) is 122 Å². The van der Waals surface area contributed by atoms with E-state index >= 15 is 0 Å². The molecule has 0 unspecified atom stereocenters. The largest absolute Gasteiger partial charge is 0.444 e. The standard InChI is InChI=1S/C24H33F3N6O5/c1-22(2,3)33-19(28-20(34)17-8-14(30-32(17)5)11-36-13-24(25,26)27)10-16(31-33)18-9-15(12-37-18)38-21(35)29-23(4)6-7-23/h8,10,15,18H,6-7,9,11-13H2,1-5H3,(H,28,34)(H,29,35)/t15-,18-/m1/s1. The Kier molecular flexibility index (Phi) is 7.49. The molecule has 4 rings (SSSR count). The van der Waals surface area contributed by atoms with Crippen molar-refractivity contribution in [3.05, 3.63) is 29.2 Å². The molecule has 0 bridgehead atoms. The zero-order valence-corrected chi connectivity index (χ0v) is 22.0. The van der Waals surface area contributed by atoms with Gasteiger partial charge >= 0.3 is 12.3 Å². The van der Waals surface area contributed by atoms with Crippen LogP contribution in [0.2, 0.25) is 0 Å². The number of nitrogens with zero attached hydrogens (tertiary/aromatic N) is 4. The van der Waals surface area contributed by atoms with Crippen molar-refractivity contribution in [2.45, 2.75) is 83.0 Å². The summed E-state index contributed by atoms with van der Waals surface area (Å²) in [4.78, 5) is 25.2. The van der Waals surface area contributed by atoms with E-state index in [2.05, 4.69) is 25.6 Å². The highest BCUT2D eigenvalue weighted by Crippen LogP contribution is 2.36. The highest BCUT2D eigenvalue weighted by molar-refractivity contribution is 6.02. The number of halogens is 3. The average Bonchev–Trinajstić information content (AvgIpc) is 3.14. The first-order valence-electron chi connectivity index (χ1n) is 12.3. The molecule has 38 heavy (non-hydrogen) atoms. The number of aromatic nitrogens is 4. The fourth-order valence-corrected chi connectivity index (χ4v) is 4.04. The van der Waals surface area contributed by atoms with E-state index in [4.69, 9.17) is 9.47 Å². The molecule has 2 fully saturated rings. The maximum Gasteiger partial charge on any atom is 0.411 e. The number of ether oxygens (including phenoxy) is 3. The van der Waals surface area contributed by atoms with Crippen LogP contribution < -0.4 is 10.6 Å². The molecule has 0 aromatic carbocycles. The third-order valence-corrected chi connectivity index (χ3v) is 6.25. The molecule has 2 N–H and O–H groups in total. The van der Waals surface area contributed by atoms with Crippen LogP contribution in [-0.4, -0.2) is 62.6 Å². The summed E-state index contributed by atoms with van der Waals surface area (Å²) in [5.74, 6) is -0.112. The summed E-state index contributed by atoms with van der Waals surface area (Å²) in [6.07, 6.45) is -3.50. The average molecular weight is 543 g/mol. The Morgan fingerprint density at radius 3 is 2.55 bits per heavy atom. The summed E-state index contributed by atoms with van der Waals surface area (Å²) in [5, 5.41) is 14.4. The van der Waals surface area contributed by atoms with E-state index in [1.165, 1.54) is 17.8 Å². The van der Waals surface area contributed by atoms with Gasteiger partial charge in [-0.3, -0.25) is 9.48 Å². The Hall–Kier alpha value is -3.13. The minimum atomic E-state index is -4.45. The number of aryl methyl sites for hydroxylation is 1. The lowest BCUT2D eigenvalue weighted by Gasteiger charge is -2.22. The smallest absolute Gasteiger partial charge is 0.411 e. The van der Waals surface area contributed by atoms with Crippen molar-refractivity contribution in [3.63, 3.8) is 0 Å². The first kappa shape index (κ1) is 27.9. The molecule has 11 nitrogen and oxygen atoms in total. The van der Waals surface area contributed by atoms with E-state index in [1.54, 1.807) is 10.7 Å². The van der Waals surface area contributed by atoms with Gasteiger partial charge in [0.25, 0.3) is 5.91 Å². The maximum atomic E-state index is 13.1. The molecule has 2 aromatic rings. The van der Waals surface area contributed by atoms with Crippen LogP contribution in [0.3, 0.4) is 0 Å². The van der Waals surface area contributed by atoms with Crippen LogP contribution in [-0.2, 0) is 33.4 Å². The third-order valence-electron chi connectivity index (χ3n) is 6.25. The normalized spacial score (nSPS) is 20.8. The molecule has 3 heterocycles. The zero-order chi connectivity index (χ0) is 27.9. The molecular formula is C24H33F3N6O5. The van der Waals surface area contributed by atoms with Crippen LogP contribution in [0.25, 0.3) is 0 Å². The molecule has 1 aliphatic carbocycles. The Balaban J connectivity index is 1.42. The molecule has 2 aromatic heterocycles. The number of rotatable bonds is 8. The fraction of sp³-hybridized carbons (Fsp3) is 0.667. The highest BCUT2D eigenvalue weighted by Gasteiger charge is 2.40. The van der Waals surface area contributed by atoms with Gasteiger partial charge in [-0.1, -0.05) is 0 Å².